The smallest absolute Gasteiger partial charge is 0.0935 e. The molecule has 2 nitrogen and oxygen atoms in total. The van der Waals surface area contributed by atoms with Crippen molar-refractivity contribution in [2.75, 3.05) is 12.3 Å². The van der Waals surface area contributed by atoms with Crippen LogP contribution in [0.1, 0.15) is 39.7 Å². The fourth-order valence-electron chi connectivity index (χ4n) is 1.58. The van der Waals surface area contributed by atoms with E-state index in [0.717, 1.165) is 18.7 Å². The lowest BCUT2D eigenvalue weighted by Crippen LogP contribution is -2.35. The predicted molar refractivity (Wildman–Crippen MR) is 76.7 cm³/mol. The Bertz CT molecular complexity index is 290. The minimum Gasteiger partial charge on any atom is -0.472 e. The zero-order valence-corrected chi connectivity index (χ0v) is 12.3. The van der Waals surface area contributed by atoms with Crippen LogP contribution in [0.2, 0.25) is 0 Å². The first kappa shape index (κ1) is 14.7. The molecule has 0 fully saturated rings. The highest BCUT2D eigenvalue weighted by Gasteiger charge is 2.16. The second kappa shape index (κ2) is 7.12. The van der Waals surface area contributed by atoms with Gasteiger partial charge < -0.3 is 9.73 Å². The summed E-state index contributed by atoms with van der Waals surface area (Å²) in [4.78, 5) is 0. The van der Waals surface area contributed by atoms with Gasteiger partial charge in [-0.05, 0) is 31.0 Å². The maximum Gasteiger partial charge on any atom is 0.0935 e. The van der Waals surface area contributed by atoms with E-state index in [1.807, 2.05) is 18.0 Å². The molecule has 0 saturated carbocycles. The molecule has 1 atom stereocenters. The van der Waals surface area contributed by atoms with Gasteiger partial charge in [0.05, 0.1) is 12.5 Å². The van der Waals surface area contributed by atoms with Gasteiger partial charge in [-0.1, -0.05) is 27.7 Å². The van der Waals surface area contributed by atoms with Crippen LogP contribution in [0.25, 0.3) is 0 Å². The van der Waals surface area contributed by atoms with Gasteiger partial charge in [0.15, 0.2) is 0 Å². The van der Waals surface area contributed by atoms with Gasteiger partial charge in [-0.3, -0.25) is 0 Å². The van der Waals surface area contributed by atoms with Gasteiger partial charge in [0.2, 0.25) is 0 Å². The lowest BCUT2D eigenvalue weighted by atomic mass is 10.1. The molecule has 0 spiro atoms. The van der Waals surface area contributed by atoms with Crippen LogP contribution < -0.4 is 5.32 Å². The summed E-state index contributed by atoms with van der Waals surface area (Å²) in [5.41, 5.74) is 1.29. The molecular weight excluding hydrogens is 230 g/mol. The molecule has 98 valence electrons. The molecule has 0 radical (unpaired) electrons. The molecule has 1 rings (SSSR count). The van der Waals surface area contributed by atoms with Gasteiger partial charge in [0.1, 0.15) is 0 Å². The van der Waals surface area contributed by atoms with Gasteiger partial charge >= 0.3 is 0 Å². The largest absolute Gasteiger partial charge is 0.472 e. The highest BCUT2D eigenvalue weighted by Crippen LogP contribution is 2.24. The van der Waals surface area contributed by atoms with Crippen molar-refractivity contribution in [1.82, 2.24) is 5.32 Å². The maximum absolute atomic E-state index is 5.13. The van der Waals surface area contributed by atoms with Gasteiger partial charge in [-0.2, -0.15) is 11.8 Å². The van der Waals surface area contributed by atoms with E-state index >= 15 is 0 Å². The van der Waals surface area contributed by atoms with Crippen molar-refractivity contribution in [1.29, 1.82) is 0 Å². The summed E-state index contributed by atoms with van der Waals surface area (Å²) in [6, 6.07) is 2.60. The van der Waals surface area contributed by atoms with Crippen LogP contribution in [0.15, 0.2) is 23.0 Å². The van der Waals surface area contributed by atoms with E-state index in [1.54, 1.807) is 6.26 Å². The molecule has 1 unspecified atom stereocenters. The first-order valence-corrected chi connectivity index (χ1v) is 7.38. The van der Waals surface area contributed by atoms with E-state index in [9.17, 15) is 0 Å². The third-order valence-corrected chi connectivity index (χ3v) is 3.90. The Morgan fingerprint density at radius 2 is 2.18 bits per heavy atom. The highest BCUT2D eigenvalue weighted by molar-refractivity contribution is 8.00. The molecule has 0 aliphatic carbocycles. The minimum absolute atomic E-state index is 0.336. The molecule has 17 heavy (non-hydrogen) atoms. The fourth-order valence-corrected chi connectivity index (χ4v) is 2.52. The normalized spacial score (nSPS) is 13.9. The van der Waals surface area contributed by atoms with Gasteiger partial charge in [0, 0.05) is 16.5 Å². The molecule has 0 bridgehead atoms. The van der Waals surface area contributed by atoms with Crippen molar-refractivity contribution in [3.63, 3.8) is 0 Å². The summed E-state index contributed by atoms with van der Waals surface area (Å²) in [7, 11) is 0. The van der Waals surface area contributed by atoms with Gasteiger partial charge in [-0.25, -0.2) is 0 Å². The van der Waals surface area contributed by atoms with E-state index in [2.05, 4.69) is 39.1 Å². The Kier molecular flexibility index (Phi) is 6.14. The van der Waals surface area contributed by atoms with E-state index in [0.29, 0.717) is 10.8 Å². The first-order valence-electron chi connectivity index (χ1n) is 6.39. The standard InChI is InChI=1S/C14H25NOS/c1-5-7-15-13(11-17-14(2,3)4)9-12-6-8-16-10-12/h6,8,10,13,15H,5,7,9,11H2,1-4H3. The lowest BCUT2D eigenvalue weighted by Gasteiger charge is -2.23. The number of thioether (sulfide) groups is 1. The van der Waals surface area contributed by atoms with Crippen LogP contribution in [0.4, 0.5) is 0 Å². The maximum atomic E-state index is 5.13. The number of hydrogen-bond acceptors (Lipinski definition) is 3. The summed E-state index contributed by atoms with van der Waals surface area (Å²) < 4.78 is 5.47. The van der Waals surface area contributed by atoms with Crippen molar-refractivity contribution in [3.8, 4) is 0 Å². The predicted octanol–water partition coefficient (Wildman–Crippen LogP) is 3.72. The monoisotopic (exact) mass is 255 g/mol. The number of rotatable bonds is 7. The topological polar surface area (TPSA) is 25.2 Å². The SMILES string of the molecule is CCCNC(CSC(C)(C)C)Cc1ccoc1. The zero-order chi connectivity index (χ0) is 12.7. The second-order valence-electron chi connectivity index (χ2n) is 5.41. The zero-order valence-electron chi connectivity index (χ0n) is 11.5. The number of furan rings is 1. The minimum atomic E-state index is 0.336. The quantitative estimate of drug-likeness (QED) is 0.804. The third kappa shape index (κ3) is 6.79. The van der Waals surface area contributed by atoms with Crippen LogP contribution >= 0.6 is 11.8 Å². The summed E-state index contributed by atoms with van der Waals surface area (Å²) in [5, 5.41) is 3.62. The Balaban J connectivity index is 2.42. The molecule has 0 saturated heterocycles. The summed E-state index contributed by atoms with van der Waals surface area (Å²) in [6.45, 7) is 10.1. The molecule has 3 heteroatoms. The third-order valence-electron chi connectivity index (χ3n) is 2.46. The molecule has 0 aliphatic heterocycles. The van der Waals surface area contributed by atoms with Crippen molar-refractivity contribution < 1.29 is 4.42 Å². The van der Waals surface area contributed by atoms with Crippen molar-refractivity contribution in [2.45, 2.75) is 51.3 Å². The lowest BCUT2D eigenvalue weighted by molar-refractivity contribution is 0.535. The summed E-state index contributed by atoms with van der Waals surface area (Å²) in [6.07, 6.45) is 5.84. The van der Waals surface area contributed by atoms with Crippen LogP contribution in [0.3, 0.4) is 0 Å². The molecule has 1 heterocycles. The molecule has 1 N–H and O–H groups in total. The van der Waals surface area contributed by atoms with E-state index < -0.39 is 0 Å². The van der Waals surface area contributed by atoms with Crippen LogP contribution in [-0.4, -0.2) is 23.1 Å². The molecule has 1 aromatic rings. The summed E-state index contributed by atoms with van der Waals surface area (Å²) >= 11 is 2.02. The number of nitrogens with one attached hydrogen (secondary N) is 1. The van der Waals surface area contributed by atoms with Crippen LogP contribution in [-0.2, 0) is 6.42 Å². The van der Waals surface area contributed by atoms with Gasteiger partial charge in [0.25, 0.3) is 0 Å². The Morgan fingerprint density at radius 3 is 2.71 bits per heavy atom. The second-order valence-corrected chi connectivity index (χ2v) is 7.26. The Labute approximate surface area is 110 Å². The van der Waals surface area contributed by atoms with Crippen molar-refractivity contribution in [3.05, 3.63) is 24.2 Å². The average Bonchev–Trinajstić information content (AvgIpc) is 2.73. The number of hydrogen-bond donors (Lipinski definition) is 1. The van der Waals surface area contributed by atoms with E-state index in [1.165, 1.54) is 12.0 Å². The Hall–Kier alpha value is -0.410. The van der Waals surface area contributed by atoms with E-state index in [4.69, 9.17) is 4.42 Å². The van der Waals surface area contributed by atoms with Gasteiger partial charge in [-0.15, -0.1) is 0 Å². The van der Waals surface area contributed by atoms with Crippen LogP contribution in [0, 0.1) is 0 Å². The summed E-state index contributed by atoms with van der Waals surface area (Å²) in [5.74, 6) is 1.15. The molecule has 0 amide bonds. The van der Waals surface area contributed by atoms with Crippen molar-refractivity contribution >= 4 is 11.8 Å². The molecule has 1 aromatic heterocycles. The van der Waals surface area contributed by atoms with E-state index in [-0.39, 0.29) is 0 Å². The first-order chi connectivity index (χ1) is 8.01. The highest BCUT2D eigenvalue weighted by atomic mass is 32.2. The average molecular weight is 255 g/mol. The Morgan fingerprint density at radius 1 is 1.41 bits per heavy atom. The van der Waals surface area contributed by atoms with Crippen molar-refractivity contribution in [2.24, 2.45) is 0 Å². The van der Waals surface area contributed by atoms with Crippen LogP contribution in [0.5, 0.6) is 0 Å². The molecule has 0 aromatic carbocycles. The molecule has 0 aliphatic rings. The molecular formula is C14H25NOS. The fraction of sp³-hybridized carbons (Fsp3) is 0.714.